The van der Waals surface area contributed by atoms with Gasteiger partial charge in [0.25, 0.3) is 0 Å². The lowest BCUT2D eigenvalue weighted by atomic mass is 10.0. The number of hydrogen-bond acceptors (Lipinski definition) is 3. The second-order valence-electron chi connectivity index (χ2n) is 3.91. The van der Waals surface area contributed by atoms with Crippen molar-refractivity contribution >= 4 is 5.97 Å². The first kappa shape index (κ1) is 14.1. The monoisotopic (exact) mass is 284 g/mol. The number of benzene rings is 1. The van der Waals surface area contributed by atoms with Crippen LogP contribution in [0.1, 0.15) is 23.1 Å². The third-order valence-electron chi connectivity index (χ3n) is 2.58. The predicted octanol–water partition coefficient (Wildman–Crippen LogP) is 3.27. The number of H-pyrrole nitrogens is 1. The summed E-state index contributed by atoms with van der Waals surface area (Å²) in [5, 5.41) is 5.33. The molecule has 2 aromatic rings. The Morgan fingerprint density at radius 3 is 2.50 bits per heavy atom. The van der Waals surface area contributed by atoms with E-state index in [-0.39, 0.29) is 23.4 Å². The number of aromatic amines is 1. The molecule has 0 unspecified atom stereocenters. The minimum atomic E-state index is -4.64. The summed E-state index contributed by atoms with van der Waals surface area (Å²) in [6.45, 7) is 1.62. The zero-order valence-electron chi connectivity index (χ0n) is 10.5. The molecule has 20 heavy (non-hydrogen) atoms. The number of carbonyl (C=O) groups is 1. The van der Waals surface area contributed by atoms with E-state index in [0.717, 1.165) is 0 Å². The lowest BCUT2D eigenvalue weighted by molar-refractivity contribution is -0.140. The molecule has 0 saturated carbocycles. The Labute approximate surface area is 112 Å². The number of carbonyl (C=O) groups excluding carboxylic acids is 1. The number of halogens is 3. The molecule has 7 heteroatoms. The Hall–Kier alpha value is -2.31. The van der Waals surface area contributed by atoms with Crippen molar-refractivity contribution in [2.45, 2.75) is 13.1 Å². The summed E-state index contributed by atoms with van der Waals surface area (Å²) >= 11 is 0. The molecule has 0 bridgehead atoms. The maximum atomic E-state index is 13.0. The summed E-state index contributed by atoms with van der Waals surface area (Å²) < 4.78 is 43.6. The maximum Gasteiger partial charge on any atom is 0.433 e. The van der Waals surface area contributed by atoms with Crippen molar-refractivity contribution < 1.29 is 22.7 Å². The van der Waals surface area contributed by atoms with Gasteiger partial charge in [-0.05, 0) is 12.5 Å². The molecule has 0 aliphatic carbocycles. The van der Waals surface area contributed by atoms with Gasteiger partial charge in [-0.25, -0.2) is 4.79 Å². The van der Waals surface area contributed by atoms with Gasteiger partial charge in [-0.15, -0.1) is 0 Å². The highest BCUT2D eigenvalue weighted by Crippen LogP contribution is 2.37. The van der Waals surface area contributed by atoms with Crippen LogP contribution in [-0.2, 0) is 10.9 Å². The maximum absolute atomic E-state index is 13.0. The van der Waals surface area contributed by atoms with E-state index < -0.39 is 17.8 Å². The minimum absolute atomic E-state index is 0.0568. The van der Waals surface area contributed by atoms with Crippen LogP contribution < -0.4 is 0 Å². The summed E-state index contributed by atoms with van der Waals surface area (Å²) in [6, 6.07) is 7.78. The molecule has 2 rings (SSSR count). The van der Waals surface area contributed by atoms with Gasteiger partial charge in [-0.1, -0.05) is 30.3 Å². The summed E-state index contributed by atoms with van der Waals surface area (Å²) in [7, 11) is 0. The molecule has 0 aliphatic heterocycles. The lowest BCUT2D eigenvalue weighted by Gasteiger charge is -2.08. The second kappa shape index (κ2) is 5.36. The van der Waals surface area contributed by atoms with Crippen molar-refractivity contribution in [1.82, 2.24) is 10.2 Å². The van der Waals surface area contributed by atoms with Crippen LogP contribution in [0.4, 0.5) is 13.2 Å². The Kier molecular flexibility index (Phi) is 3.78. The van der Waals surface area contributed by atoms with Gasteiger partial charge in [0.2, 0.25) is 0 Å². The zero-order chi connectivity index (χ0) is 14.8. The fraction of sp³-hybridized carbons (Fsp3) is 0.231. The number of aromatic nitrogens is 2. The number of hydrogen-bond donors (Lipinski definition) is 1. The molecule has 0 fully saturated rings. The van der Waals surface area contributed by atoms with E-state index in [1.807, 2.05) is 5.10 Å². The second-order valence-corrected chi connectivity index (χ2v) is 3.91. The topological polar surface area (TPSA) is 55.0 Å². The molecule has 0 spiro atoms. The van der Waals surface area contributed by atoms with E-state index in [1.54, 1.807) is 25.1 Å². The van der Waals surface area contributed by atoms with Gasteiger partial charge in [0.1, 0.15) is 5.69 Å². The van der Waals surface area contributed by atoms with Crippen LogP contribution in [-0.4, -0.2) is 22.8 Å². The zero-order valence-corrected chi connectivity index (χ0v) is 10.5. The largest absolute Gasteiger partial charge is 0.461 e. The Morgan fingerprint density at radius 2 is 1.95 bits per heavy atom. The smallest absolute Gasteiger partial charge is 0.433 e. The van der Waals surface area contributed by atoms with E-state index in [2.05, 4.69) is 5.10 Å². The van der Waals surface area contributed by atoms with Gasteiger partial charge < -0.3 is 4.74 Å². The fourth-order valence-corrected chi connectivity index (χ4v) is 1.78. The van der Waals surface area contributed by atoms with E-state index in [4.69, 9.17) is 4.74 Å². The average molecular weight is 284 g/mol. The van der Waals surface area contributed by atoms with Crippen molar-refractivity contribution in [3.8, 4) is 11.1 Å². The number of nitrogens with zero attached hydrogens (tertiary/aromatic N) is 1. The third-order valence-corrected chi connectivity index (χ3v) is 2.58. The molecule has 1 heterocycles. The third kappa shape index (κ3) is 2.66. The highest BCUT2D eigenvalue weighted by molar-refractivity contribution is 5.96. The van der Waals surface area contributed by atoms with Crippen LogP contribution in [0.2, 0.25) is 0 Å². The molecular formula is C13H11F3N2O2. The number of nitrogens with one attached hydrogen (secondary N) is 1. The van der Waals surface area contributed by atoms with Gasteiger partial charge in [-0.3, -0.25) is 5.10 Å². The van der Waals surface area contributed by atoms with Crippen molar-refractivity contribution in [3.63, 3.8) is 0 Å². The summed E-state index contributed by atoms with van der Waals surface area (Å²) in [5.41, 5.74) is -1.48. The van der Waals surface area contributed by atoms with Crippen LogP contribution in [0.5, 0.6) is 0 Å². The predicted molar refractivity (Wildman–Crippen MR) is 65.0 cm³/mol. The molecule has 0 radical (unpaired) electrons. The molecule has 0 aliphatic rings. The highest BCUT2D eigenvalue weighted by atomic mass is 19.4. The Bertz CT molecular complexity index is 606. The quantitative estimate of drug-likeness (QED) is 0.880. The molecule has 0 amide bonds. The number of ether oxygens (including phenoxy) is 1. The van der Waals surface area contributed by atoms with E-state index in [0.29, 0.717) is 0 Å². The van der Waals surface area contributed by atoms with Crippen LogP contribution in [0.3, 0.4) is 0 Å². The standard InChI is InChI=1S/C13H11F3N2O2/c1-2-20-12(19)10-9(8-6-4-3-5-7-8)11(18-17-10)13(14,15)16/h3-7H,2H2,1H3,(H,17,18). The first-order valence-electron chi connectivity index (χ1n) is 5.83. The van der Waals surface area contributed by atoms with Crippen molar-refractivity contribution in [1.29, 1.82) is 0 Å². The summed E-state index contributed by atoms with van der Waals surface area (Å²) in [6.07, 6.45) is -4.64. The van der Waals surface area contributed by atoms with Crippen molar-refractivity contribution in [2.24, 2.45) is 0 Å². The lowest BCUT2D eigenvalue weighted by Crippen LogP contribution is -2.09. The van der Waals surface area contributed by atoms with Crippen LogP contribution in [0.15, 0.2) is 30.3 Å². The molecule has 4 nitrogen and oxygen atoms in total. The minimum Gasteiger partial charge on any atom is -0.461 e. The van der Waals surface area contributed by atoms with Crippen LogP contribution >= 0.6 is 0 Å². The summed E-state index contributed by atoms with van der Waals surface area (Å²) in [5.74, 6) is -0.891. The number of rotatable bonds is 3. The average Bonchev–Trinajstić information content (AvgIpc) is 2.84. The van der Waals surface area contributed by atoms with Crippen LogP contribution in [0, 0.1) is 0 Å². The Morgan fingerprint density at radius 1 is 1.30 bits per heavy atom. The molecule has 0 saturated heterocycles. The van der Waals surface area contributed by atoms with Gasteiger partial charge >= 0.3 is 12.1 Å². The fourth-order valence-electron chi connectivity index (χ4n) is 1.78. The molecule has 1 aromatic heterocycles. The van der Waals surface area contributed by atoms with Crippen molar-refractivity contribution in [3.05, 3.63) is 41.7 Å². The number of esters is 1. The first-order valence-corrected chi connectivity index (χ1v) is 5.83. The van der Waals surface area contributed by atoms with E-state index >= 15 is 0 Å². The molecule has 0 atom stereocenters. The Balaban J connectivity index is 2.61. The van der Waals surface area contributed by atoms with Gasteiger partial charge in [0.15, 0.2) is 5.69 Å². The number of alkyl halides is 3. The van der Waals surface area contributed by atoms with Gasteiger partial charge in [0, 0.05) is 5.56 Å². The van der Waals surface area contributed by atoms with E-state index in [9.17, 15) is 18.0 Å². The van der Waals surface area contributed by atoms with Gasteiger partial charge in [0.05, 0.1) is 6.61 Å². The van der Waals surface area contributed by atoms with Crippen molar-refractivity contribution in [2.75, 3.05) is 6.61 Å². The SMILES string of the molecule is CCOC(=O)c1n[nH]c(C(F)(F)F)c1-c1ccccc1. The van der Waals surface area contributed by atoms with E-state index in [1.165, 1.54) is 12.1 Å². The van der Waals surface area contributed by atoms with Crippen LogP contribution in [0.25, 0.3) is 11.1 Å². The highest BCUT2D eigenvalue weighted by Gasteiger charge is 2.39. The first-order chi connectivity index (χ1) is 9.45. The summed E-state index contributed by atoms with van der Waals surface area (Å²) in [4.78, 5) is 11.7. The molecule has 106 valence electrons. The van der Waals surface area contributed by atoms with Gasteiger partial charge in [-0.2, -0.15) is 18.3 Å². The molecule has 1 N–H and O–H groups in total. The molecular weight excluding hydrogens is 273 g/mol. The molecule has 1 aromatic carbocycles. The normalized spacial score (nSPS) is 11.4.